The van der Waals surface area contributed by atoms with E-state index in [9.17, 15) is 4.79 Å². The first-order valence-corrected chi connectivity index (χ1v) is 7.61. The molecule has 0 spiro atoms. The Morgan fingerprint density at radius 2 is 2.00 bits per heavy atom. The lowest BCUT2D eigenvalue weighted by Crippen LogP contribution is -2.22. The normalized spacial score (nSPS) is 11.8. The molecule has 0 aliphatic heterocycles. The zero-order chi connectivity index (χ0) is 15.4. The van der Waals surface area contributed by atoms with Crippen LogP contribution in [-0.4, -0.2) is 13.1 Å². The number of carbonyl (C=O) groups is 1. The van der Waals surface area contributed by atoms with Gasteiger partial charge < -0.3 is 10.1 Å². The number of nitrogens with one attached hydrogen (secondary N) is 1. The van der Waals surface area contributed by atoms with Gasteiger partial charge in [0.2, 0.25) is 0 Å². The number of rotatable bonds is 4. The molecule has 6 heteroatoms. The van der Waals surface area contributed by atoms with Gasteiger partial charge in [0, 0.05) is 15.2 Å². The fourth-order valence-corrected chi connectivity index (χ4v) is 2.54. The molecule has 110 valence electrons. The Labute approximate surface area is 141 Å². The van der Waals surface area contributed by atoms with Gasteiger partial charge in [0.15, 0.2) is 6.04 Å². The molecule has 1 unspecified atom stereocenters. The highest BCUT2D eigenvalue weighted by molar-refractivity contribution is 9.10. The molecular weight excluding hydrogens is 377 g/mol. The van der Waals surface area contributed by atoms with Gasteiger partial charge in [0.1, 0.15) is 0 Å². The van der Waals surface area contributed by atoms with Crippen molar-refractivity contribution < 1.29 is 9.53 Å². The number of hydrogen-bond donors (Lipinski definition) is 1. The fraction of sp³-hybridized carbons (Fsp3) is 0.133. The van der Waals surface area contributed by atoms with Crippen molar-refractivity contribution in [3.8, 4) is 0 Å². The SMILES string of the molecule is COC(=O)C(Nc1cccc(Cl)c1)c1ccc(Cl)c(Br)c1. The molecule has 0 bridgehead atoms. The molecule has 1 N–H and O–H groups in total. The Kier molecular flexibility index (Phi) is 5.51. The fourth-order valence-electron chi connectivity index (χ4n) is 1.83. The molecule has 2 rings (SSSR count). The topological polar surface area (TPSA) is 38.3 Å². The zero-order valence-electron chi connectivity index (χ0n) is 11.1. The van der Waals surface area contributed by atoms with Gasteiger partial charge in [-0.2, -0.15) is 0 Å². The van der Waals surface area contributed by atoms with Crippen molar-refractivity contribution in [3.05, 3.63) is 62.5 Å². The summed E-state index contributed by atoms with van der Waals surface area (Å²) in [5, 5.41) is 4.27. The van der Waals surface area contributed by atoms with Crippen LogP contribution in [0.4, 0.5) is 5.69 Å². The van der Waals surface area contributed by atoms with E-state index in [1.165, 1.54) is 7.11 Å². The summed E-state index contributed by atoms with van der Waals surface area (Å²) in [6, 6.07) is 11.7. The van der Waals surface area contributed by atoms with Gasteiger partial charge in [0.25, 0.3) is 0 Å². The molecule has 21 heavy (non-hydrogen) atoms. The number of benzene rings is 2. The third kappa shape index (κ3) is 4.13. The van der Waals surface area contributed by atoms with E-state index in [0.29, 0.717) is 14.5 Å². The summed E-state index contributed by atoms with van der Waals surface area (Å²) in [5.74, 6) is -0.399. The van der Waals surface area contributed by atoms with E-state index in [1.807, 2.05) is 6.07 Å². The van der Waals surface area contributed by atoms with Crippen molar-refractivity contribution >= 4 is 50.8 Å². The van der Waals surface area contributed by atoms with Crippen LogP contribution in [0.5, 0.6) is 0 Å². The minimum Gasteiger partial charge on any atom is -0.467 e. The van der Waals surface area contributed by atoms with Gasteiger partial charge in [-0.25, -0.2) is 4.79 Å². The lowest BCUT2D eigenvalue weighted by Gasteiger charge is -2.18. The summed E-state index contributed by atoms with van der Waals surface area (Å²) in [6.07, 6.45) is 0. The van der Waals surface area contributed by atoms with Crippen LogP contribution in [0, 0.1) is 0 Å². The van der Waals surface area contributed by atoms with E-state index >= 15 is 0 Å². The van der Waals surface area contributed by atoms with Gasteiger partial charge in [-0.05, 0) is 51.8 Å². The molecule has 0 fully saturated rings. The summed E-state index contributed by atoms with van der Waals surface area (Å²) in [5.41, 5.74) is 1.46. The summed E-state index contributed by atoms with van der Waals surface area (Å²) in [6.45, 7) is 0. The lowest BCUT2D eigenvalue weighted by atomic mass is 10.1. The van der Waals surface area contributed by atoms with Gasteiger partial charge >= 0.3 is 5.97 Å². The van der Waals surface area contributed by atoms with E-state index in [0.717, 1.165) is 11.3 Å². The number of hydrogen-bond acceptors (Lipinski definition) is 3. The highest BCUT2D eigenvalue weighted by Crippen LogP contribution is 2.29. The first-order chi connectivity index (χ1) is 10.0. The van der Waals surface area contributed by atoms with Crippen LogP contribution < -0.4 is 5.32 Å². The minimum atomic E-state index is -0.651. The molecule has 2 aromatic rings. The van der Waals surface area contributed by atoms with Crippen LogP contribution >= 0.6 is 39.1 Å². The van der Waals surface area contributed by atoms with Crippen molar-refractivity contribution in [2.75, 3.05) is 12.4 Å². The summed E-state index contributed by atoms with van der Waals surface area (Å²) >= 11 is 15.3. The number of ether oxygens (including phenoxy) is 1. The van der Waals surface area contributed by atoms with Crippen LogP contribution in [-0.2, 0) is 9.53 Å². The Bertz CT molecular complexity index is 664. The average Bonchev–Trinajstić information content (AvgIpc) is 2.47. The molecule has 0 aliphatic rings. The third-order valence-corrected chi connectivity index (χ3v) is 4.30. The zero-order valence-corrected chi connectivity index (χ0v) is 14.2. The number of carbonyl (C=O) groups excluding carboxylic acids is 1. The smallest absolute Gasteiger partial charge is 0.332 e. The Hall–Kier alpha value is -1.23. The van der Waals surface area contributed by atoms with E-state index in [1.54, 1.807) is 36.4 Å². The highest BCUT2D eigenvalue weighted by Gasteiger charge is 2.22. The quantitative estimate of drug-likeness (QED) is 0.742. The number of halogens is 3. The van der Waals surface area contributed by atoms with Crippen LogP contribution in [0.2, 0.25) is 10.0 Å². The monoisotopic (exact) mass is 387 g/mol. The van der Waals surface area contributed by atoms with E-state index in [4.69, 9.17) is 27.9 Å². The van der Waals surface area contributed by atoms with Crippen molar-refractivity contribution in [3.63, 3.8) is 0 Å². The Balaban J connectivity index is 2.34. The largest absolute Gasteiger partial charge is 0.467 e. The van der Waals surface area contributed by atoms with E-state index in [2.05, 4.69) is 21.2 Å². The van der Waals surface area contributed by atoms with E-state index < -0.39 is 12.0 Å². The lowest BCUT2D eigenvalue weighted by molar-refractivity contribution is -0.141. The van der Waals surface area contributed by atoms with Crippen LogP contribution in [0.3, 0.4) is 0 Å². The van der Waals surface area contributed by atoms with Crippen molar-refractivity contribution in [2.24, 2.45) is 0 Å². The molecule has 0 radical (unpaired) electrons. The van der Waals surface area contributed by atoms with E-state index in [-0.39, 0.29) is 0 Å². The predicted molar refractivity (Wildman–Crippen MR) is 89.0 cm³/mol. The molecule has 0 aromatic heterocycles. The number of esters is 1. The molecule has 0 saturated carbocycles. The van der Waals surface area contributed by atoms with Gasteiger partial charge in [0.05, 0.1) is 12.1 Å². The van der Waals surface area contributed by atoms with Crippen LogP contribution in [0.25, 0.3) is 0 Å². The van der Waals surface area contributed by atoms with Gasteiger partial charge in [-0.3, -0.25) is 0 Å². The first-order valence-electron chi connectivity index (χ1n) is 6.06. The maximum Gasteiger partial charge on any atom is 0.332 e. The maximum absolute atomic E-state index is 12.0. The van der Waals surface area contributed by atoms with Crippen molar-refractivity contribution in [1.82, 2.24) is 0 Å². The van der Waals surface area contributed by atoms with Crippen molar-refractivity contribution in [2.45, 2.75) is 6.04 Å². The molecular formula is C15H12BrCl2NO2. The number of anilines is 1. The van der Waals surface area contributed by atoms with Crippen molar-refractivity contribution in [1.29, 1.82) is 0 Å². The molecule has 0 saturated heterocycles. The summed E-state index contributed by atoms with van der Waals surface area (Å²) in [7, 11) is 1.35. The van der Waals surface area contributed by atoms with Gasteiger partial charge in [-0.15, -0.1) is 0 Å². The molecule has 2 aromatic carbocycles. The van der Waals surface area contributed by atoms with Gasteiger partial charge in [-0.1, -0.05) is 35.3 Å². The summed E-state index contributed by atoms with van der Waals surface area (Å²) in [4.78, 5) is 12.0. The predicted octanol–water partition coefficient (Wildman–Crippen LogP) is 5.08. The molecule has 0 aliphatic carbocycles. The van der Waals surface area contributed by atoms with Crippen LogP contribution in [0.1, 0.15) is 11.6 Å². The second-order valence-electron chi connectivity index (χ2n) is 4.28. The molecule has 3 nitrogen and oxygen atoms in total. The second-order valence-corrected chi connectivity index (χ2v) is 5.98. The highest BCUT2D eigenvalue weighted by atomic mass is 79.9. The Morgan fingerprint density at radius 1 is 1.24 bits per heavy atom. The minimum absolute atomic E-state index is 0.399. The molecule has 0 amide bonds. The molecule has 1 atom stereocenters. The standard InChI is InChI=1S/C15H12BrCl2NO2/c1-21-15(20)14(9-5-6-13(18)12(16)7-9)19-11-4-2-3-10(17)8-11/h2-8,14,19H,1H3. The van der Waals surface area contributed by atoms with Crippen LogP contribution in [0.15, 0.2) is 46.9 Å². The molecule has 0 heterocycles. The Morgan fingerprint density at radius 3 is 2.62 bits per heavy atom. The summed E-state index contributed by atoms with van der Waals surface area (Å²) < 4.78 is 5.57. The second kappa shape index (κ2) is 7.16. The number of methoxy groups -OCH3 is 1. The maximum atomic E-state index is 12.0. The first kappa shape index (κ1) is 16.1. The average molecular weight is 389 g/mol. The third-order valence-electron chi connectivity index (χ3n) is 2.85.